The molecule has 0 aromatic heterocycles. The third-order valence-corrected chi connectivity index (χ3v) is 4.67. The second-order valence-corrected chi connectivity index (χ2v) is 7.93. The van der Waals surface area contributed by atoms with Crippen LogP contribution in [0, 0.1) is 5.92 Å². The van der Waals surface area contributed by atoms with E-state index in [2.05, 4.69) is 31.3 Å². The number of nitrogens with one attached hydrogen (secondary N) is 1. The molecule has 5 nitrogen and oxygen atoms in total. The van der Waals surface area contributed by atoms with Gasteiger partial charge in [0.1, 0.15) is 6.10 Å². The maximum absolute atomic E-state index is 12.4. The highest BCUT2D eigenvalue weighted by Crippen LogP contribution is 2.19. The summed E-state index contributed by atoms with van der Waals surface area (Å²) >= 11 is 0. The lowest BCUT2D eigenvalue weighted by molar-refractivity contribution is -0.149. The van der Waals surface area contributed by atoms with E-state index in [1.165, 1.54) is 5.56 Å². The molecule has 0 bridgehead atoms. The molecule has 2 rings (SSSR count). The van der Waals surface area contributed by atoms with E-state index in [4.69, 9.17) is 4.74 Å². The van der Waals surface area contributed by atoms with Crippen molar-refractivity contribution in [2.45, 2.75) is 52.6 Å². The van der Waals surface area contributed by atoms with Gasteiger partial charge in [0.05, 0.1) is 12.5 Å². The lowest BCUT2D eigenvalue weighted by Crippen LogP contribution is -2.35. The van der Waals surface area contributed by atoms with Crippen LogP contribution in [-0.4, -0.2) is 36.5 Å². The molecule has 1 N–H and O–H groups in total. The number of benzene rings is 1. The zero-order valence-corrected chi connectivity index (χ0v) is 17.6. The van der Waals surface area contributed by atoms with Crippen molar-refractivity contribution in [2.75, 3.05) is 13.6 Å². The van der Waals surface area contributed by atoms with Crippen LogP contribution in [0.1, 0.15) is 51.2 Å². The van der Waals surface area contributed by atoms with Crippen molar-refractivity contribution in [1.82, 2.24) is 10.2 Å². The third kappa shape index (κ3) is 6.55. The Balaban J connectivity index is 1.81. The van der Waals surface area contributed by atoms with Crippen molar-refractivity contribution in [3.8, 4) is 0 Å². The predicted molar refractivity (Wildman–Crippen MR) is 112 cm³/mol. The fraction of sp³-hybridized carbons (Fsp3) is 0.478. The summed E-state index contributed by atoms with van der Waals surface area (Å²) in [6.45, 7) is 8.30. The number of hydrogen-bond acceptors (Lipinski definition) is 4. The largest absolute Gasteiger partial charge is 0.460 e. The van der Waals surface area contributed by atoms with Gasteiger partial charge >= 0.3 is 5.97 Å². The number of carbonyl (C=O) groups is 2. The van der Waals surface area contributed by atoms with Gasteiger partial charge in [-0.3, -0.25) is 9.59 Å². The van der Waals surface area contributed by atoms with Crippen molar-refractivity contribution in [2.24, 2.45) is 5.92 Å². The molecule has 0 saturated heterocycles. The lowest BCUT2D eigenvalue weighted by atomic mass is 9.97. The first kappa shape index (κ1) is 21.7. The van der Waals surface area contributed by atoms with Gasteiger partial charge in [-0.05, 0) is 49.9 Å². The number of amides is 1. The predicted octanol–water partition coefficient (Wildman–Crippen LogP) is 3.77. The van der Waals surface area contributed by atoms with E-state index in [0.717, 1.165) is 12.0 Å². The van der Waals surface area contributed by atoms with E-state index in [1.54, 1.807) is 13.1 Å². The first-order chi connectivity index (χ1) is 13.3. The minimum atomic E-state index is -0.392. The van der Waals surface area contributed by atoms with Crippen LogP contribution in [0.3, 0.4) is 0 Å². The van der Waals surface area contributed by atoms with Gasteiger partial charge in [-0.2, -0.15) is 0 Å². The number of nitrogens with zero attached hydrogens (tertiary/aromatic N) is 1. The Labute approximate surface area is 168 Å². The molecule has 1 aliphatic heterocycles. The molecule has 1 aromatic rings. The summed E-state index contributed by atoms with van der Waals surface area (Å²) < 4.78 is 5.52. The summed E-state index contributed by atoms with van der Waals surface area (Å²) in [7, 11) is 1.88. The molecule has 0 spiro atoms. The summed E-state index contributed by atoms with van der Waals surface area (Å²) in [6, 6.07) is 8.14. The number of ether oxygens (including phenoxy) is 1. The standard InChI is InChI=1S/C23H32N2O3/c1-16(2)13-19-8-10-20(11-9-19)18(4)23(27)28-17(3)14-24-22(26)21-7-6-12-25(5)15-21/h6,8-12,15-18H,7,13-14H2,1-5H3,(H,24,26). The number of allylic oxidation sites excluding steroid dienone is 1. The van der Waals surface area contributed by atoms with Crippen LogP contribution in [0.25, 0.3) is 0 Å². The maximum atomic E-state index is 12.4. The molecule has 2 unspecified atom stereocenters. The van der Waals surface area contributed by atoms with Crippen LogP contribution in [0.5, 0.6) is 0 Å². The van der Waals surface area contributed by atoms with Gasteiger partial charge in [-0.1, -0.05) is 44.2 Å². The molecule has 0 aliphatic carbocycles. The minimum Gasteiger partial charge on any atom is -0.460 e. The van der Waals surface area contributed by atoms with E-state index in [0.29, 0.717) is 17.9 Å². The Morgan fingerprint density at radius 1 is 1.14 bits per heavy atom. The van der Waals surface area contributed by atoms with Gasteiger partial charge in [0.2, 0.25) is 5.91 Å². The van der Waals surface area contributed by atoms with Gasteiger partial charge < -0.3 is 15.0 Å². The second-order valence-electron chi connectivity index (χ2n) is 7.93. The average molecular weight is 385 g/mol. The van der Waals surface area contributed by atoms with Crippen molar-refractivity contribution >= 4 is 11.9 Å². The SMILES string of the molecule is CC(C)Cc1ccc(C(C)C(=O)OC(C)CNC(=O)C2=CN(C)C=CC2)cc1. The van der Waals surface area contributed by atoms with Gasteiger partial charge in [0.25, 0.3) is 0 Å². The second kappa shape index (κ2) is 10.1. The van der Waals surface area contributed by atoms with Crippen LogP contribution in [0.4, 0.5) is 0 Å². The summed E-state index contributed by atoms with van der Waals surface area (Å²) in [6.07, 6.45) is 6.89. The van der Waals surface area contributed by atoms with Gasteiger partial charge in [0.15, 0.2) is 0 Å². The Bertz CT molecular complexity index is 735. The summed E-state index contributed by atoms with van der Waals surface area (Å²) in [5.41, 5.74) is 2.90. The maximum Gasteiger partial charge on any atom is 0.313 e. The summed E-state index contributed by atoms with van der Waals surface area (Å²) in [5.74, 6) is -0.151. The quantitative estimate of drug-likeness (QED) is 0.693. The lowest BCUT2D eigenvalue weighted by Gasteiger charge is -2.19. The highest BCUT2D eigenvalue weighted by Gasteiger charge is 2.20. The van der Waals surface area contributed by atoms with Crippen molar-refractivity contribution in [3.05, 3.63) is 59.4 Å². The highest BCUT2D eigenvalue weighted by molar-refractivity contribution is 5.93. The fourth-order valence-electron chi connectivity index (χ4n) is 3.08. The molecule has 5 heteroatoms. The van der Waals surface area contributed by atoms with Crippen LogP contribution in [0.15, 0.2) is 48.3 Å². The molecule has 152 valence electrons. The monoisotopic (exact) mass is 384 g/mol. The normalized spacial score (nSPS) is 15.8. The Morgan fingerprint density at radius 2 is 1.82 bits per heavy atom. The van der Waals surface area contributed by atoms with E-state index in [9.17, 15) is 9.59 Å². The van der Waals surface area contributed by atoms with Crippen LogP contribution in [-0.2, 0) is 20.7 Å². The number of hydrogen-bond donors (Lipinski definition) is 1. The van der Waals surface area contributed by atoms with Gasteiger partial charge in [-0.25, -0.2) is 0 Å². The van der Waals surface area contributed by atoms with Gasteiger partial charge in [-0.15, -0.1) is 0 Å². The Hall–Kier alpha value is -2.56. The molecule has 2 atom stereocenters. The van der Waals surface area contributed by atoms with Crippen molar-refractivity contribution < 1.29 is 14.3 Å². The number of carbonyl (C=O) groups excluding carboxylic acids is 2. The van der Waals surface area contributed by atoms with E-state index >= 15 is 0 Å². The molecule has 1 amide bonds. The van der Waals surface area contributed by atoms with E-state index < -0.39 is 6.10 Å². The van der Waals surface area contributed by atoms with Crippen LogP contribution in [0.2, 0.25) is 0 Å². The summed E-state index contributed by atoms with van der Waals surface area (Å²) in [5, 5.41) is 2.84. The molecule has 0 radical (unpaired) electrons. The number of rotatable bonds is 8. The smallest absolute Gasteiger partial charge is 0.313 e. The molecular formula is C23H32N2O3. The zero-order valence-electron chi connectivity index (χ0n) is 17.6. The molecule has 1 aliphatic rings. The number of esters is 1. The van der Waals surface area contributed by atoms with Gasteiger partial charge in [0, 0.05) is 18.8 Å². The topological polar surface area (TPSA) is 58.6 Å². The minimum absolute atomic E-state index is 0.132. The Morgan fingerprint density at radius 3 is 2.43 bits per heavy atom. The Kier molecular flexibility index (Phi) is 7.85. The average Bonchev–Trinajstić information content (AvgIpc) is 2.65. The molecule has 0 fully saturated rings. The molecule has 1 heterocycles. The van der Waals surface area contributed by atoms with Crippen LogP contribution >= 0.6 is 0 Å². The zero-order chi connectivity index (χ0) is 20.7. The molecule has 28 heavy (non-hydrogen) atoms. The van der Waals surface area contributed by atoms with E-state index in [-0.39, 0.29) is 24.3 Å². The molecule has 0 saturated carbocycles. The summed E-state index contributed by atoms with van der Waals surface area (Å²) in [4.78, 5) is 26.5. The van der Waals surface area contributed by atoms with Crippen LogP contribution < -0.4 is 5.32 Å². The van der Waals surface area contributed by atoms with Crippen molar-refractivity contribution in [3.63, 3.8) is 0 Å². The highest BCUT2D eigenvalue weighted by atomic mass is 16.5. The third-order valence-electron chi connectivity index (χ3n) is 4.67. The molecule has 1 aromatic carbocycles. The van der Waals surface area contributed by atoms with Crippen molar-refractivity contribution in [1.29, 1.82) is 0 Å². The van der Waals surface area contributed by atoms with E-state index in [1.807, 2.05) is 43.3 Å². The molecular weight excluding hydrogens is 352 g/mol. The first-order valence-electron chi connectivity index (χ1n) is 9.93. The first-order valence-corrected chi connectivity index (χ1v) is 9.93. The fourth-order valence-corrected chi connectivity index (χ4v) is 3.08.